The molecule has 4 heteroatoms. The highest BCUT2D eigenvalue weighted by Crippen LogP contribution is 2.38. The lowest BCUT2D eigenvalue weighted by Gasteiger charge is -2.34. The predicted molar refractivity (Wildman–Crippen MR) is 59.6 cm³/mol. The van der Waals surface area contributed by atoms with E-state index in [9.17, 15) is 15.2 Å². The third-order valence-corrected chi connectivity index (χ3v) is 3.36. The molecule has 2 rings (SSSR count). The molecule has 86 valence electrons. The zero-order chi connectivity index (χ0) is 11.6. The molecule has 1 aliphatic carbocycles. The van der Waals surface area contributed by atoms with E-state index in [0.29, 0.717) is 18.4 Å². The Morgan fingerprint density at radius 2 is 2.00 bits per heavy atom. The number of nitrogens with zero attached hydrogens (tertiary/aromatic N) is 1. The van der Waals surface area contributed by atoms with Gasteiger partial charge in [-0.2, -0.15) is 0 Å². The first kappa shape index (κ1) is 11.1. The Labute approximate surface area is 94.1 Å². The van der Waals surface area contributed by atoms with Crippen LogP contribution in [0.5, 0.6) is 0 Å². The standard InChI is InChI=1S/C12H15NO3/c14-12(10-6-2-1-3-7-10)9-5-4-8-11(12)13(15)16/h1-3,6-7,11,14H,4-5,8-9H2. The minimum Gasteiger partial charge on any atom is -0.378 e. The predicted octanol–water partition coefficient (Wildman–Crippen LogP) is 2.09. The zero-order valence-corrected chi connectivity index (χ0v) is 9.00. The molecule has 0 amide bonds. The first-order valence-electron chi connectivity index (χ1n) is 5.56. The van der Waals surface area contributed by atoms with E-state index in [1.807, 2.05) is 6.07 Å². The topological polar surface area (TPSA) is 63.4 Å². The summed E-state index contributed by atoms with van der Waals surface area (Å²) in [5.74, 6) is 0. The average molecular weight is 221 g/mol. The van der Waals surface area contributed by atoms with Gasteiger partial charge in [0.05, 0.1) is 0 Å². The van der Waals surface area contributed by atoms with Crippen molar-refractivity contribution in [1.29, 1.82) is 0 Å². The third kappa shape index (κ3) is 1.80. The Kier molecular flexibility index (Phi) is 2.92. The normalized spacial score (nSPS) is 29.9. The van der Waals surface area contributed by atoms with Crippen LogP contribution in [0.15, 0.2) is 30.3 Å². The molecule has 0 radical (unpaired) electrons. The summed E-state index contributed by atoms with van der Waals surface area (Å²) >= 11 is 0. The number of hydrogen-bond acceptors (Lipinski definition) is 3. The van der Waals surface area contributed by atoms with E-state index in [2.05, 4.69) is 0 Å². The van der Waals surface area contributed by atoms with E-state index in [-0.39, 0.29) is 4.92 Å². The quantitative estimate of drug-likeness (QED) is 0.614. The van der Waals surface area contributed by atoms with Gasteiger partial charge in [-0.25, -0.2) is 0 Å². The Morgan fingerprint density at radius 3 is 2.62 bits per heavy atom. The van der Waals surface area contributed by atoms with Gasteiger partial charge in [0.25, 0.3) is 0 Å². The molecule has 1 aromatic carbocycles. The van der Waals surface area contributed by atoms with E-state index in [1.54, 1.807) is 24.3 Å². The van der Waals surface area contributed by atoms with Gasteiger partial charge in [0, 0.05) is 11.3 Å². The molecule has 0 bridgehead atoms. The van der Waals surface area contributed by atoms with Gasteiger partial charge >= 0.3 is 0 Å². The van der Waals surface area contributed by atoms with Gasteiger partial charge in [-0.05, 0) is 24.8 Å². The van der Waals surface area contributed by atoms with Crippen LogP contribution < -0.4 is 0 Å². The molecular formula is C12H15NO3. The van der Waals surface area contributed by atoms with Crippen molar-refractivity contribution >= 4 is 0 Å². The second-order valence-corrected chi connectivity index (χ2v) is 4.34. The van der Waals surface area contributed by atoms with E-state index in [4.69, 9.17) is 0 Å². The molecule has 16 heavy (non-hydrogen) atoms. The van der Waals surface area contributed by atoms with E-state index < -0.39 is 11.6 Å². The summed E-state index contributed by atoms with van der Waals surface area (Å²) < 4.78 is 0. The number of hydrogen-bond donors (Lipinski definition) is 1. The van der Waals surface area contributed by atoms with E-state index >= 15 is 0 Å². The summed E-state index contributed by atoms with van der Waals surface area (Å²) in [6, 6.07) is 8.11. The number of benzene rings is 1. The van der Waals surface area contributed by atoms with Crippen molar-refractivity contribution in [3.8, 4) is 0 Å². The van der Waals surface area contributed by atoms with Gasteiger partial charge in [0.2, 0.25) is 6.04 Å². The van der Waals surface area contributed by atoms with Gasteiger partial charge in [0.15, 0.2) is 5.60 Å². The number of nitro groups is 1. The molecule has 1 saturated carbocycles. The maximum absolute atomic E-state index is 11.0. The van der Waals surface area contributed by atoms with Crippen LogP contribution in [0.3, 0.4) is 0 Å². The van der Waals surface area contributed by atoms with Crippen molar-refractivity contribution in [3.63, 3.8) is 0 Å². The molecule has 1 aromatic rings. The lowest BCUT2D eigenvalue weighted by atomic mass is 9.76. The second kappa shape index (κ2) is 4.22. The molecule has 1 N–H and O–H groups in total. The first-order valence-corrected chi connectivity index (χ1v) is 5.56. The highest BCUT2D eigenvalue weighted by molar-refractivity contribution is 5.24. The van der Waals surface area contributed by atoms with Crippen molar-refractivity contribution in [2.45, 2.75) is 37.3 Å². The fourth-order valence-corrected chi connectivity index (χ4v) is 2.48. The third-order valence-electron chi connectivity index (χ3n) is 3.36. The Morgan fingerprint density at radius 1 is 1.31 bits per heavy atom. The van der Waals surface area contributed by atoms with Crippen molar-refractivity contribution in [2.24, 2.45) is 0 Å². The maximum atomic E-state index is 11.0. The van der Waals surface area contributed by atoms with Crippen LogP contribution in [0, 0.1) is 10.1 Å². The van der Waals surface area contributed by atoms with Crippen LogP contribution in [0.25, 0.3) is 0 Å². The molecule has 0 heterocycles. The largest absolute Gasteiger partial charge is 0.378 e. The molecule has 1 fully saturated rings. The van der Waals surface area contributed by atoms with Crippen molar-refractivity contribution < 1.29 is 10.0 Å². The van der Waals surface area contributed by atoms with E-state index in [0.717, 1.165) is 12.8 Å². The highest BCUT2D eigenvalue weighted by atomic mass is 16.6. The van der Waals surface area contributed by atoms with Crippen LogP contribution in [0.4, 0.5) is 0 Å². The Bertz CT molecular complexity index is 379. The molecule has 0 aromatic heterocycles. The van der Waals surface area contributed by atoms with Crippen LogP contribution in [-0.4, -0.2) is 16.1 Å². The molecule has 2 unspecified atom stereocenters. The molecular weight excluding hydrogens is 206 g/mol. The molecule has 2 atom stereocenters. The number of aliphatic hydroxyl groups is 1. The van der Waals surface area contributed by atoms with Crippen molar-refractivity contribution in [2.75, 3.05) is 0 Å². The molecule has 0 saturated heterocycles. The monoisotopic (exact) mass is 221 g/mol. The second-order valence-electron chi connectivity index (χ2n) is 4.34. The highest BCUT2D eigenvalue weighted by Gasteiger charge is 2.48. The minimum absolute atomic E-state index is 0.341. The minimum atomic E-state index is -1.29. The lowest BCUT2D eigenvalue weighted by molar-refractivity contribution is -0.552. The molecule has 4 nitrogen and oxygen atoms in total. The summed E-state index contributed by atoms with van der Waals surface area (Å²) in [6.45, 7) is 0. The fourth-order valence-electron chi connectivity index (χ4n) is 2.48. The average Bonchev–Trinajstić information content (AvgIpc) is 2.30. The summed E-state index contributed by atoms with van der Waals surface area (Å²) in [6.07, 6.45) is 2.59. The van der Waals surface area contributed by atoms with Crippen LogP contribution in [0.1, 0.15) is 31.2 Å². The first-order chi connectivity index (χ1) is 7.64. The summed E-state index contributed by atoms with van der Waals surface area (Å²) in [4.78, 5) is 10.6. The summed E-state index contributed by atoms with van der Waals surface area (Å²) in [7, 11) is 0. The fraction of sp³-hybridized carbons (Fsp3) is 0.500. The van der Waals surface area contributed by atoms with Gasteiger partial charge in [-0.1, -0.05) is 30.3 Å². The number of rotatable bonds is 2. The summed E-state index contributed by atoms with van der Waals surface area (Å²) in [5, 5.41) is 21.5. The SMILES string of the molecule is O=[N+]([O-])C1CCCCC1(O)c1ccccc1. The van der Waals surface area contributed by atoms with E-state index in [1.165, 1.54) is 0 Å². The smallest absolute Gasteiger partial charge is 0.245 e. The van der Waals surface area contributed by atoms with Crippen LogP contribution in [0.2, 0.25) is 0 Å². The van der Waals surface area contributed by atoms with Crippen LogP contribution in [-0.2, 0) is 5.60 Å². The van der Waals surface area contributed by atoms with Crippen molar-refractivity contribution in [3.05, 3.63) is 46.0 Å². The Balaban J connectivity index is 2.37. The maximum Gasteiger partial charge on any atom is 0.245 e. The molecule has 0 aliphatic heterocycles. The molecule has 0 spiro atoms. The summed E-state index contributed by atoms with van der Waals surface area (Å²) in [5.41, 5.74) is -0.625. The Hall–Kier alpha value is -1.42. The van der Waals surface area contributed by atoms with Gasteiger partial charge in [-0.15, -0.1) is 0 Å². The van der Waals surface area contributed by atoms with Gasteiger partial charge in [0.1, 0.15) is 0 Å². The molecule has 1 aliphatic rings. The lowest BCUT2D eigenvalue weighted by Crippen LogP contribution is -2.46. The van der Waals surface area contributed by atoms with Gasteiger partial charge < -0.3 is 5.11 Å². The van der Waals surface area contributed by atoms with Gasteiger partial charge in [-0.3, -0.25) is 10.1 Å². The zero-order valence-electron chi connectivity index (χ0n) is 9.00. The van der Waals surface area contributed by atoms with Crippen molar-refractivity contribution in [1.82, 2.24) is 0 Å². The van der Waals surface area contributed by atoms with Crippen LogP contribution >= 0.6 is 0 Å².